The molecule has 0 bridgehead atoms. The number of fused-ring (bicyclic) bond motifs is 1. The Balaban J connectivity index is 1.80. The maximum atomic E-state index is 12.3. The lowest BCUT2D eigenvalue weighted by Crippen LogP contribution is -2.40. The van der Waals surface area contributed by atoms with Gasteiger partial charge in [-0.3, -0.25) is 19.7 Å². The summed E-state index contributed by atoms with van der Waals surface area (Å²) in [5.74, 6) is -1.13. The first kappa shape index (κ1) is 14.1. The molecule has 1 aromatic carbocycles. The summed E-state index contributed by atoms with van der Waals surface area (Å²) in [5, 5.41) is 13.0. The smallest absolute Gasteiger partial charge is 0.404 e. The maximum Gasteiger partial charge on any atom is 0.404 e. The third kappa shape index (κ3) is 2.39. The van der Waals surface area contributed by atoms with Gasteiger partial charge in [-0.15, -0.1) is 0 Å². The summed E-state index contributed by atoms with van der Waals surface area (Å²) in [6.45, 7) is 0.375. The van der Waals surface area contributed by atoms with E-state index in [2.05, 4.69) is 10.6 Å². The van der Waals surface area contributed by atoms with E-state index in [4.69, 9.17) is 5.11 Å². The zero-order valence-electron chi connectivity index (χ0n) is 11.5. The van der Waals surface area contributed by atoms with Gasteiger partial charge in [0.05, 0.1) is 6.42 Å². The molecule has 2 aliphatic rings. The lowest BCUT2D eigenvalue weighted by Gasteiger charge is -2.20. The topological polar surface area (TPSA) is 116 Å². The van der Waals surface area contributed by atoms with Crippen molar-refractivity contribution in [1.82, 2.24) is 15.5 Å². The minimum absolute atomic E-state index is 0.0218. The normalized spacial score (nSPS) is 20.1. The molecule has 4 amide bonds. The second-order valence-electron chi connectivity index (χ2n) is 5.22. The SMILES string of the molecule is O=C(O)NCc1ccc2c(c1)CN(C1CC(=O)NC1=O)C2=O. The van der Waals surface area contributed by atoms with Gasteiger partial charge in [-0.1, -0.05) is 12.1 Å². The molecule has 3 N–H and O–H groups in total. The van der Waals surface area contributed by atoms with E-state index >= 15 is 0 Å². The fraction of sp³-hybridized carbons (Fsp3) is 0.286. The molecule has 1 aromatic rings. The number of amides is 4. The van der Waals surface area contributed by atoms with Gasteiger partial charge in [0.1, 0.15) is 6.04 Å². The van der Waals surface area contributed by atoms with E-state index in [0.29, 0.717) is 5.56 Å². The van der Waals surface area contributed by atoms with Gasteiger partial charge in [0.2, 0.25) is 11.8 Å². The van der Waals surface area contributed by atoms with Crippen LogP contribution in [0.3, 0.4) is 0 Å². The van der Waals surface area contributed by atoms with E-state index in [-0.39, 0.29) is 31.3 Å². The average Bonchev–Trinajstić information content (AvgIpc) is 2.96. The first-order valence-corrected chi connectivity index (χ1v) is 6.69. The van der Waals surface area contributed by atoms with Gasteiger partial charge in [-0.2, -0.15) is 0 Å². The van der Waals surface area contributed by atoms with Crippen molar-refractivity contribution >= 4 is 23.8 Å². The van der Waals surface area contributed by atoms with Crippen LogP contribution in [0.4, 0.5) is 4.79 Å². The van der Waals surface area contributed by atoms with Crippen LogP contribution in [0.5, 0.6) is 0 Å². The quantitative estimate of drug-likeness (QED) is 0.670. The Hall–Kier alpha value is -2.90. The van der Waals surface area contributed by atoms with Crippen molar-refractivity contribution in [2.45, 2.75) is 25.6 Å². The number of hydrogen-bond acceptors (Lipinski definition) is 4. The van der Waals surface area contributed by atoms with Crippen LogP contribution in [0.2, 0.25) is 0 Å². The minimum atomic E-state index is -1.13. The highest BCUT2D eigenvalue weighted by atomic mass is 16.4. The Labute approximate surface area is 125 Å². The molecule has 22 heavy (non-hydrogen) atoms. The van der Waals surface area contributed by atoms with Crippen LogP contribution >= 0.6 is 0 Å². The van der Waals surface area contributed by atoms with E-state index in [0.717, 1.165) is 11.1 Å². The first-order valence-electron chi connectivity index (χ1n) is 6.69. The molecule has 114 valence electrons. The van der Waals surface area contributed by atoms with Crippen LogP contribution in [0.25, 0.3) is 0 Å². The van der Waals surface area contributed by atoms with E-state index in [1.807, 2.05) is 0 Å². The van der Waals surface area contributed by atoms with Crippen molar-refractivity contribution in [3.63, 3.8) is 0 Å². The van der Waals surface area contributed by atoms with Crippen LogP contribution in [0.1, 0.15) is 27.9 Å². The molecular formula is C14H13N3O5. The second kappa shape index (κ2) is 5.14. The molecule has 3 rings (SSSR count). The first-order chi connectivity index (χ1) is 10.5. The number of carbonyl (C=O) groups excluding carboxylic acids is 3. The summed E-state index contributed by atoms with van der Waals surface area (Å²) in [6.07, 6.45) is -1.15. The zero-order valence-corrected chi connectivity index (χ0v) is 11.5. The molecule has 8 heteroatoms. The van der Waals surface area contributed by atoms with E-state index in [1.165, 1.54) is 4.90 Å². The number of carboxylic acid groups (broad SMARTS) is 1. The van der Waals surface area contributed by atoms with Crippen molar-refractivity contribution in [2.24, 2.45) is 0 Å². The van der Waals surface area contributed by atoms with Crippen molar-refractivity contribution in [2.75, 3.05) is 0 Å². The molecule has 8 nitrogen and oxygen atoms in total. The molecule has 0 aromatic heterocycles. The van der Waals surface area contributed by atoms with Gasteiger partial charge in [0.25, 0.3) is 5.91 Å². The van der Waals surface area contributed by atoms with E-state index in [1.54, 1.807) is 18.2 Å². The molecule has 1 saturated heterocycles. The van der Waals surface area contributed by atoms with Crippen LogP contribution in [-0.2, 0) is 22.7 Å². The minimum Gasteiger partial charge on any atom is -0.465 e. The van der Waals surface area contributed by atoms with E-state index in [9.17, 15) is 19.2 Å². The van der Waals surface area contributed by atoms with Crippen molar-refractivity contribution in [3.8, 4) is 0 Å². The average molecular weight is 303 g/mol. The van der Waals surface area contributed by atoms with Crippen molar-refractivity contribution in [1.29, 1.82) is 0 Å². The number of imide groups is 1. The number of rotatable bonds is 3. The van der Waals surface area contributed by atoms with Crippen molar-refractivity contribution in [3.05, 3.63) is 34.9 Å². The van der Waals surface area contributed by atoms with Gasteiger partial charge in [-0.05, 0) is 17.2 Å². The largest absolute Gasteiger partial charge is 0.465 e. The molecule has 2 aliphatic heterocycles. The highest BCUT2D eigenvalue weighted by molar-refractivity contribution is 6.09. The molecule has 1 unspecified atom stereocenters. The van der Waals surface area contributed by atoms with Gasteiger partial charge >= 0.3 is 6.09 Å². The lowest BCUT2D eigenvalue weighted by molar-refractivity contribution is -0.126. The number of hydrogen-bond donors (Lipinski definition) is 3. The van der Waals surface area contributed by atoms with Crippen molar-refractivity contribution < 1.29 is 24.3 Å². The lowest BCUT2D eigenvalue weighted by atomic mass is 10.1. The number of nitrogens with zero attached hydrogens (tertiary/aromatic N) is 1. The monoisotopic (exact) mass is 303 g/mol. The Morgan fingerprint density at radius 3 is 2.77 bits per heavy atom. The van der Waals surface area contributed by atoms with Gasteiger partial charge in [0.15, 0.2) is 0 Å². The molecule has 0 radical (unpaired) electrons. The van der Waals surface area contributed by atoms with Gasteiger partial charge < -0.3 is 15.3 Å². The molecular weight excluding hydrogens is 290 g/mol. The van der Waals surface area contributed by atoms with Crippen LogP contribution in [0.15, 0.2) is 18.2 Å². The zero-order chi connectivity index (χ0) is 15.9. The Bertz CT molecular complexity index is 700. The summed E-state index contributed by atoms with van der Waals surface area (Å²) in [5.41, 5.74) is 1.93. The predicted octanol–water partition coefficient (Wildman–Crippen LogP) is -0.175. The summed E-state index contributed by atoms with van der Waals surface area (Å²) >= 11 is 0. The molecule has 2 heterocycles. The Morgan fingerprint density at radius 1 is 1.36 bits per heavy atom. The Morgan fingerprint density at radius 2 is 2.14 bits per heavy atom. The standard InChI is InChI=1S/C14H13N3O5/c18-11-4-10(12(19)16-11)17-6-8-3-7(5-15-14(21)22)1-2-9(8)13(17)20/h1-3,10,15H,4-6H2,(H,21,22)(H,16,18,19). The second-order valence-corrected chi connectivity index (χ2v) is 5.22. The Kier molecular flexibility index (Phi) is 3.28. The predicted molar refractivity (Wildman–Crippen MR) is 72.7 cm³/mol. The van der Waals surface area contributed by atoms with E-state index < -0.39 is 18.0 Å². The third-order valence-corrected chi connectivity index (χ3v) is 3.77. The summed E-state index contributed by atoms with van der Waals surface area (Å²) < 4.78 is 0. The number of nitrogens with one attached hydrogen (secondary N) is 2. The van der Waals surface area contributed by atoms with Crippen LogP contribution in [0, 0.1) is 0 Å². The van der Waals surface area contributed by atoms with Crippen LogP contribution < -0.4 is 10.6 Å². The molecule has 0 aliphatic carbocycles. The molecule has 1 fully saturated rings. The number of benzene rings is 1. The summed E-state index contributed by atoms with van der Waals surface area (Å²) in [7, 11) is 0. The van der Waals surface area contributed by atoms with Gasteiger partial charge in [0, 0.05) is 18.7 Å². The van der Waals surface area contributed by atoms with Crippen LogP contribution in [-0.4, -0.2) is 39.9 Å². The fourth-order valence-electron chi connectivity index (χ4n) is 2.73. The number of carbonyl (C=O) groups is 4. The molecule has 0 saturated carbocycles. The summed E-state index contributed by atoms with van der Waals surface area (Å²) in [4.78, 5) is 47.2. The highest BCUT2D eigenvalue weighted by Crippen LogP contribution is 2.27. The third-order valence-electron chi connectivity index (χ3n) is 3.77. The summed E-state index contributed by atoms with van der Waals surface area (Å²) in [6, 6.07) is 4.24. The molecule has 1 atom stereocenters. The fourth-order valence-corrected chi connectivity index (χ4v) is 2.73. The maximum absolute atomic E-state index is 12.3. The molecule has 0 spiro atoms. The van der Waals surface area contributed by atoms with Gasteiger partial charge in [-0.25, -0.2) is 4.79 Å². The highest BCUT2D eigenvalue weighted by Gasteiger charge is 2.41.